The summed E-state index contributed by atoms with van der Waals surface area (Å²) >= 11 is 7.44. The highest BCUT2D eigenvalue weighted by molar-refractivity contribution is 9.11. The normalized spacial score (nSPS) is 34.8. The summed E-state index contributed by atoms with van der Waals surface area (Å²) in [5.74, 6) is 2.99. The second kappa shape index (κ2) is 14.1. The Balaban J connectivity index is 0.787. The number of aromatic nitrogens is 2. The molecule has 3 aliphatic carbocycles. The first-order valence-corrected chi connectivity index (χ1v) is 21.9. The maximum Gasteiger partial charge on any atom is 0.204 e. The van der Waals surface area contributed by atoms with Gasteiger partial charge in [-0.15, -0.1) is 0 Å². The molecular formula is C42H45Br2N9O2. The van der Waals surface area contributed by atoms with Gasteiger partial charge in [0.25, 0.3) is 0 Å². The van der Waals surface area contributed by atoms with Gasteiger partial charge < -0.3 is 19.5 Å². The zero-order valence-electron chi connectivity index (χ0n) is 30.8. The highest BCUT2D eigenvalue weighted by Crippen LogP contribution is 2.62. The Morgan fingerprint density at radius 1 is 0.691 bits per heavy atom. The molecule has 0 aromatic carbocycles. The molecule has 4 aromatic heterocycles. The summed E-state index contributed by atoms with van der Waals surface area (Å²) < 4.78 is 12.9. The molecule has 3 aliphatic heterocycles. The number of hydrogen-bond acceptors (Lipinski definition) is 11. The second-order valence-electron chi connectivity index (χ2n) is 17.3. The minimum Gasteiger partial charge on any atom is -0.444 e. The molecule has 4 aromatic rings. The summed E-state index contributed by atoms with van der Waals surface area (Å²) in [6, 6.07) is 14.3. The summed E-state index contributed by atoms with van der Waals surface area (Å²) in [7, 11) is 0. The predicted octanol–water partition coefficient (Wildman–Crippen LogP) is 9.23. The van der Waals surface area contributed by atoms with Crippen molar-refractivity contribution < 1.29 is 8.83 Å². The number of nitriles is 3. The van der Waals surface area contributed by atoms with Crippen LogP contribution in [0.2, 0.25) is 0 Å². The molecule has 0 amide bonds. The van der Waals surface area contributed by atoms with Crippen LogP contribution in [0.25, 0.3) is 21.9 Å². The van der Waals surface area contributed by atoms with Gasteiger partial charge in [0.15, 0.2) is 11.2 Å². The van der Waals surface area contributed by atoms with Crippen LogP contribution in [-0.2, 0) is 0 Å². The molecule has 11 nitrogen and oxygen atoms in total. The molecule has 284 valence electrons. The molecule has 55 heavy (non-hydrogen) atoms. The van der Waals surface area contributed by atoms with Crippen molar-refractivity contribution in [2.75, 3.05) is 17.2 Å². The number of halogens is 2. The van der Waals surface area contributed by atoms with E-state index in [0.717, 1.165) is 82.8 Å². The Morgan fingerprint density at radius 3 is 1.76 bits per heavy atom. The van der Waals surface area contributed by atoms with E-state index in [0.29, 0.717) is 70.9 Å². The zero-order valence-corrected chi connectivity index (χ0v) is 34.0. The summed E-state index contributed by atoms with van der Waals surface area (Å²) in [5.41, 5.74) is 1.34. The molecule has 6 atom stereocenters. The smallest absolute Gasteiger partial charge is 0.204 e. The number of anilines is 2. The molecule has 6 aliphatic rings. The van der Waals surface area contributed by atoms with Crippen molar-refractivity contribution in [1.29, 1.82) is 15.8 Å². The molecule has 0 radical (unpaired) electrons. The van der Waals surface area contributed by atoms with Gasteiger partial charge in [0.05, 0.1) is 33.3 Å². The molecule has 3 saturated heterocycles. The molecule has 2 N–H and O–H groups in total. The molecule has 13 heteroatoms. The lowest BCUT2D eigenvalue weighted by Gasteiger charge is -2.53. The van der Waals surface area contributed by atoms with E-state index in [1.165, 1.54) is 44.9 Å². The van der Waals surface area contributed by atoms with E-state index in [4.69, 9.17) is 8.83 Å². The van der Waals surface area contributed by atoms with Crippen molar-refractivity contribution in [3.8, 4) is 18.2 Å². The molecule has 7 heterocycles. The van der Waals surface area contributed by atoms with Gasteiger partial charge >= 0.3 is 0 Å². The van der Waals surface area contributed by atoms with Crippen LogP contribution in [0.3, 0.4) is 0 Å². The number of rotatable bonds is 7. The van der Waals surface area contributed by atoms with E-state index >= 15 is 0 Å². The Kier molecular flexibility index (Phi) is 9.13. The van der Waals surface area contributed by atoms with Crippen LogP contribution in [0.1, 0.15) is 101 Å². The number of pyridine rings is 2. The first kappa shape index (κ1) is 35.7. The van der Waals surface area contributed by atoms with E-state index in [1.54, 1.807) is 24.5 Å². The highest BCUT2D eigenvalue weighted by atomic mass is 79.9. The maximum atomic E-state index is 10.6. The van der Waals surface area contributed by atoms with Crippen LogP contribution in [0, 0.1) is 51.2 Å². The summed E-state index contributed by atoms with van der Waals surface area (Å²) in [6.07, 6.45) is 19.9. The standard InChI is InChI=1S/C42H45Br2N9O2/c43-38-32-14-30(18-46)54-36(32)20-48-40(38)50-24-1-5-26(6-2-24)52-22-42(16-29(52)13-23(42)17-45)34-11-9-28-10-12-35(34)53(28)27-7-3-25(4-8-27)51-41-39(44)33-15-31(19-47)55-37(33)21-49-41/h14-15,20-21,23-29,34-35H,1-13,16,22H2,(H,48,50)(H,49,51). The Morgan fingerprint density at radius 2 is 1.22 bits per heavy atom. The topological polar surface area (TPSA) is 154 Å². The number of hydrogen-bond donors (Lipinski definition) is 2. The van der Waals surface area contributed by atoms with Gasteiger partial charge in [0.2, 0.25) is 11.5 Å². The number of piperidine rings is 2. The molecule has 10 rings (SSSR count). The zero-order chi connectivity index (χ0) is 37.4. The van der Waals surface area contributed by atoms with Gasteiger partial charge in [0.1, 0.15) is 23.8 Å². The molecular weight excluding hydrogens is 822 g/mol. The monoisotopic (exact) mass is 865 g/mol. The Hall–Kier alpha value is -3.67. The molecule has 6 fully saturated rings. The maximum absolute atomic E-state index is 10.6. The lowest BCUT2D eigenvalue weighted by atomic mass is 9.63. The Labute approximate surface area is 338 Å². The quantitative estimate of drug-likeness (QED) is 0.183. The first-order chi connectivity index (χ1) is 26.8. The third kappa shape index (κ3) is 5.97. The van der Waals surface area contributed by atoms with Crippen LogP contribution in [0.15, 0.2) is 42.3 Å². The summed E-state index contributed by atoms with van der Waals surface area (Å²) in [4.78, 5) is 15.1. The third-order valence-corrected chi connectivity index (χ3v) is 16.4. The predicted molar refractivity (Wildman–Crippen MR) is 215 cm³/mol. The molecule has 6 unspecified atom stereocenters. The average Bonchev–Trinajstić information content (AvgIpc) is 4.05. The van der Waals surface area contributed by atoms with Crippen molar-refractivity contribution in [2.24, 2.45) is 17.3 Å². The SMILES string of the molecule is N#Cc1cc2c(Br)c(NC3CCC(N4CC5(C6CCC7CCC6N7C6CCC(Nc7ncc8oc(C#N)cc8c7Br)CC6)CC4CC5C#N)CC3)ncc2o1. The van der Waals surface area contributed by atoms with Gasteiger partial charge in [-0.3, -0.25) is 9.80 Å². The van der Waals surface area contributed by atoms with Gasteiger partial charge in [-0.2, -0.15) is 15.8 Å². The Bertz CT molecular complexity index is 2250. The van der Waals surface area contributed by atoms with Crippen molar-refractivity contribution >= 4 is 65.4 Å². The minimum atomic E-state index is 0.109. The molecule has 3 saturated carbocycles. The number of fused-ring (bicyclic) bond motifs is 6. The second-order valence-corrected chi connectivity index (χ2v) is 18.8. The van der Waals surface area contributed by atoms with E-state index in [-0.39, 0.29) is 11.3 Å². The van der Waals surface area contributed by atoms with E-state index in [9.17, 15) is 15.8 Å². The number of nitrogens with zero attached hydrogens (tertiary/aromatic N) is 7. The largest absolute Gasteiger partial charge is 0.444 e. The van der Waals surface area contributed by atoms with Crippen molar-refractivity contribution in [3.05, 3.63) is 45.0 Å². The van der Waals surface area contributed by atoms with E-state index in [2.05, 4.69) is 80.5 Å². The van der Waals surface area contributed by atoms with Crippen LogP contribution < -0.4 is 10.6 Å². The number of likely N-dealkylation sites (tertiary alicyclic amines) is 1. The highest BCUT2D eigenvalue weighted by Gasteiger charge is 2.64. The fourth-order valence-corrected chi connectivity index (χ4v) is 13.4. The van der Waals surface area contributed by atoms with Gasteiger partial charge in [0, 0.05) is 77.2 Å². The summed E-state index contributed by atoms with van der Waals surface area (Å²) in [5, 5.41) is 38.3. The van der Waals surface area contributed by atoms with Crippen LogP contribution >= 0.6 is 31.9 Å². The lowest BCUT2D eigenvalue weighted by Crippen LogP contribution is -2.58. The van der Waals surface area contributed by atoms with Gasteiger partial charge in [-0.05, 0) is 128 Å². The summed E-state index contributed by atoms with van der Waals surface area (Å²) in [6.45, 7) is 1.10. The number of furan rings is 2. The lowest BCUT2D eigenvalue weighted by molar-refractivity contribution is -0.0412. The molecule has 4 bridgehead atoms. The average molecular weight is 868 g/mol. The van der Waals surface area contributed by atoms with Crippen LogP contribution in [0.4, 0.5) is 11.6 Å². The van der Waals surface area contributed by atoms with Crippen molar-refractivity contribution in [3.63, 3.8) is 0 Å². The van der Waals surface area contributed by atoms with E-state index in [1.807, 2.05) is 0 Å². The third-order valence-electron chi connectivity index (χ3n) is 14.8. The van der Waals surface area contributed by atoms with E-state index < -0.39 is 0 Å². The number of nitrogens with one attached hydrogen (secondary N) is 2. The molecule has 0 spiro atoms. The fraction of sp³-hybridized carbons (Fsp3) is 0.595. The minimum absolute atomic E-state index is 0.109. The van der Waals surface area contributed by atoms with Crippen molar-refractivity contribution in [2.45, 2.75) is 132 Å². The van der Waals surface area contributed by atoms with Crippen LogP contribution in [0.5, 0.6) is 0 Å². The first-order valence-electron chi connectivity index (χ1n) is 20.3. The van der Waals surface area contributed by atoms with Gasteiger partial charge in [-0.25, -0.2) is 9.97 Å². The van der Waals surface area contributed by atoms with Crippen LogP contribution in [-0.4, -0.2) is 68.6 Å². The van der Waals surface area contributed by atoms with Crippen molar-refractivity contribution in [1.82, 2.24) is 19.8 Å². The fourth-order valence-electron chi connectivity index (χ4n) is 12.4. The van der Waals surface area contributed by atoms with Gasteiger partial charge in [-0.1, -0.05) is 0 Å².